The zero-order valence-electron chi connectivity index (χ0n) is 16.1. The molecule has 0 bridgehead atoms. The van der Waals surface area contributed by atoms with E-state index in [1.165, 1.54) is 0 Å². The molecular weight excluding hydrogens is 364 g/mol. The average molecular weight is 394 g/mol. The van der Waals surface area contributed by atoms with Crippen molar-refractivity contribution >= 4 is 0 Å². The van der Waals surface area contributed by atoms with Crippen molar-refractivity contribution in [3.63, 3.8) is 0 Å². The van der Waals surface area contributed by atoms with E-state index >= 15 is 0 Å². The number of hydrogen-bond donors (Lipinski definition) is 2. The van der Waals surface area contributed by atoms with Gasteiger partial charge in [-0.1, -0.05) is 0 Å². The molecule has 8 nitrogen and oxygen atoms in total. The van der Waals surface area contributed by atoms with Gasteiger partial charge in [-0.05, 0) is 24.3 Å². The Morgan fingerprint density at radius 2 is 1.21 bits per heavy atom. The summed E-state index contributed by atoms with van der Waals surface area (Å²) >= 11 is 0. The number of aliphatic hydroxyl groups is 2. The third kappa shape index (κ3) is 7.38. The maximum absolute atomic E-state index is 10.1. The van der Waals surface area contributed by atoms with Crippen LogP contribution in [0.3, 0.4) is 0 Å². The van der Waals surface area contributed by atoms with Gasteiger partial charge in [-0.15, -0.1) is 0 Å². The lowest BCUT2D eigenvalue weighted by Gasteiger charge is -2.36. The lowest BCUT2D eigenvalue weighted by atomic mass is 10.2. The summed E-state index contributed by atoms with van der Waals surface area (Å²) in [6.45, 7) is 5.91. The molecule has 2 N–H and O–H groups in total. The third-order valence-corrected chi connectivity index (χ3v) is 4.67. The molecular formula is C20H30N2O6. The van der Waals surface area contributed by atoms with Gasteiger partial charge in [0.2, 0.25) is 0 Å². The van der Waals surface area contributed by atoms with Gasteiger partial charge in [-0.25, -0.2) is 0 Å². The van der Waals surface area contributed by atoms with Crippen molar-refractivity contribution in [2.45, 2.75) is 25.4 Å². The molecule has 1 saturated heterocycles. The van der Waals surface area contributed by atoms with Crippen LogP contribution < -0.4 is 0 Å². The van der Waals surface area contributed by atoms with Crippen molar-refractivity contribution in [1.82, 2.24) is 9.80 Å². The number of furan rings is 2. The van der Waals surface area contributed by atoms with Crippen molar-refractivity contribution in [2.75, 3.05) is 52.5 Å². The number of nitrogens with zero attached hydrogens (tertiary/aromatic N) is 2. The number of rotatable bonds is 12. The molecule has 3 rings (SSSR count). The topological polar surface area (TPSA) is 91.7 Å². The number of aliphatic hydroxyl groups excluding tert-OH is 2. The molecule has 1 aliphatic heterocycles. The van der Waals surface area contributed by atoms with Gasteiger partial charge < -0.3 is 28.5 Å². The Bertz CT molecular complexity index is 569. The lowest BCUT2D eigenvalue weighted by molar-refractivity contribution is -0.0168. The fourth-order valence-electron chi connectivity index (χ4n) is 3.24. The summed E-state index contributed by atoms with van der Waals surface area (Å²) in [4.78, 5) is 4.44. The first-order chi connectivity index (χ1) is 13.7. The number of piperazine rings is 1. The van der Waals surface area contributed by atoms with Gasteiger partial charge in [0.15, 0.2) is 0 Å². The normalized spacial score (nSPS) is 18.4. The summed E-state index contributed by atoms with van der Waals surface area (Å²) in [6.07, 6.45) is 2.16. The molecule has 0 spiro atoms. The van der Waals surface area contributed by atoms with Crippen LogP contribution in [0.5, 0.6) is 0 Å². The largest absolute Gasteiger partial charge is 0.467 e. The predicted octanol–water partition coefficient (Wildman–Crippen LogP) is 0.945. The second-order valence-corrected chi connectivity index (χ2v) is 7.10. The molecule has 0 unspecified atom stereocenters. The van der Waals surface area contributed by atoms with E-state index in [1.54, 1.807) is 12.5 Å². The number of hydrogen-bond acceptors (Lipinski definition) is 8. The van der Waals surface area contributed by atoms with Crippen molar-refractivity contribution in [3.8, 4) is 0 Å². The highest BCUT2D eigenvalue weighted by Crippen LogP contribution is 2.07. The number of ether oxygens (including phenoxy) is 2. The monoisotopic (exact) mass is 394 g/mol. The van der Waals surface area contributed by atoms with E-state index in [0.717, 1.165) is 37.7 Å². The van der Waals surface area contributed by atoms with Gasteiger partial charge in [0.05, 0.1) is 37.9 Å². The van der Waals surface area contributed by atoms with E-state index in [1.807, 2.05) is 24.3 Å². The molecule has 1 fully saturated rings. The van der Waals surface area contributed by atoms with Crippen LogP contribution in [0.2, 0.25) is 0 Å². The van der Waals surface area contributed by atoms with Crippen LogP contribution in [0, 0.1) is 0 Å². The molecule has 156 valence electrons. The number of β-amino-alcohol motifs (C(OH)–C–C–N with tert-alkyl or cyclic N) is 2. The molecule has 2 aromatic rings. The minimum atomic E-state index is -0.526. The molecule has 28 heavy (non-hydrogen) atoms. The van der Waals surface area contributed by atoms with Crippen LogP contribution in [-0.4, -0.2) is 84.7 Å². The first kappa shape index (κ1) is 21.0. The average Bonchev–Trinajstić information content (AvgIpc) is 3.37. The van der Waals surface area contributed by atoms with E-state index in [9.17, 15) is 10.2 Å². The van der Waals surface area contributed by atoms with Gasteiger partial charge in [-0.2, -0.15) is 0 Å². The van der Waals surface area contributed by atoms with E-state index in [4.69, 9.17) is 18.3 Å². The third-order valence-electron chi connectivity index (χ3n) is 4.67. The van der Waals surface area contributed by atoms with E-state index in [-0.39, 0.29) is 13.2 Å². The first-order valence-corrected chi connectivity index (χ1v) is 9.70. The highest BCUT2D eigenvalue weighted by Gasteiger charge is 2.21. The summed E-state index contributed by atoms with van der Waals surface area (Å²) in [5, 5.41) is 20.3. The zero-order chi connectivity index (χ0) is 19.6. The minimum Gasteiger partial charge on any atom is -0.467 e. The smallest absolute Gasteiger partial charge is 0.129 e. The molecule has 1 aliphatic rings. The van der Waals surface area contributed by atoms with Crippen molar-refractivity contribution in [2.24, 2.45) is 0 Å². The van der Waals surface area contributed by atoms with Crippen molar-refractivity contribution in [3.05, 3.63) is 48.3 Å². The summed E-state index contributed by atoms with van der Waals surface area (Å²) < 4.78 is 21.4. The van der Waals surface area contributed by atoms with E-state index in [0.29, 0.717) is 26.3 Å². The van der Waals surface area contributed by atoms with Crippen LogP contribution in [0.25, 0.3) is 0 Å². The Morgan fingerprint density at radius 3 is 1.57 bits per heavy atom. The summed E-state index contributed by atoms with van der Waals surface area (Å²) in [5.74, 6) is 1.51. The molecule has 0 aromatic carbocycles. The Morgan fingerprint density at radius 1 is 0.786 bits per heavy atom. The molecule has 0 saturated carbocycles. The molecule has 0 amide bonds. The minimum absolute atomic E-state index is 0.284. The molecule has 8 heteroatoms. The summed E-state index contributed by atoms with van der Waals surface area (Å²) in [5.41, 5.74) is 0. The van der Waals surface area contributed by atoms with Gasteiger partial charge in [0.25, 0.3) is 0 Å². The van der Waals surface area contributed by atoms with Crippen LogP contribution in [0.15, 0.2) is 45.6 Å². The van der Waals surface area contributed by atoms with E-state index in [2.05, 4.69) is 9.80 Å². The lowest BCUT2D eigenvalue weighted by Crippen LogP contribution is -2.51. The van der Waals surface area contributed by atoms with Gasteiger partial charge in [0, 0.05) is 39.3 Å². The molecule has 2 aromatic heterocycles. The zero-order valence-corrected chi connectivity index (χ0v) is 16.1. The summed E-state index contributed by atoms with van der Waals surface area (Å²) in [7, 11) is 0. The van der Waals surface area contributed by atoms with Crippen LogP contribution >= 0.6 is 0 Å². The fraction of sp³-hybridized carbons (Fsp3) is 0.600. The standard InChI is InChI=1S/C20H30N2O6/c23-17(13-25-15-19-3-1-9-27-19)11-21-5-7-22(8-6-21)12-18(24)14-26-16-20-4-2-10-28-20/h1-4,9-10,17-18,23-24H,5-8,11-16H2/t17-,18-/m1/s1. The van der Waals surface area contributed by atoms with Crippen LogP contribution in [0.1, 0.15) is 11.5 Å². The molecule has 0 aliphatic carbocycles. The maximum atomic E-state index is 10.1. The van der Waals surface area contributed by atoms with Gasteiger partial charge >= 0.3 is 0 Å². The Labute approximate surface area is 165 Å². The van der Waals surface area contributed by atoms with Gasteiger partial charge in [-0.3, -0.25) is 9.80 Å². The second kappa shape index (κ2) is 11.4. The van der Waals surface area contributed by atoms with E-state index < -0.39 is 12.2 Å². The fourth-order valence-corrected chi connectivity index (χ4v) is 3.24. The highest BCUT2D eigenvalue weighted by atomic mass is 16.5. The van der Waals surface area contributed by atoms with Crippen molar-refractivity contribution in [1.29, 1.82) is 0 Å². The Kier molecular flexibility index (Phi) is 8.53. The maximum Gasteiger partial charge on any atom is 0.129 e. The second-order valence-electron chi connectivity index (χ2n) is 7.10. The molecule has 0 radical (unpaired) electrons. The van der Waals surface area contributed by atoms with Crippen LogP contribution in [0.4, 0.5) is 0 Å². The Hall–Kier alpha value is -1.68. The predicted molar refractivity (Wildman–Crippen MR) is 102 cm³/mol. The SMILES string of the molecule is O[C@@H](COCc1ccco1)CN1CCN(C[C@@H](O)COCc2ccco2)CC1. The highest BCUT2D eigenvalue weighted by molar-refractivity contribution is 4.96. The quantitative estimate of drug-likeness (QED) is 0.550. The molecule has 3 heterocycles. The van der Waals surface area contributed by atoms with Crippen LogP contribution in [-0.2, 0) is 22.7 Å². The van der Waals surface area contributed by atoms with Crippen molar-refractivity contribution < 1.29 is 28.5 Å². The molecule has 2 atom stereocenters. The first-order valence-electron chi connectivity index (χ1n) is 9.70. The Balaban J connectivity index is 1.23. The van der Waals surface area contributed by atoms with Gasteiger partial charge in [0.1, 0.15) is 24.7 Å². The summed E-state index contributed by atoms with van der Waals surface area (Å²) in [6, 6.07) is 7.33.